The van der Waals surface area contributed by atoms with Crippen molar-refractivity contribution < 1.29 is 9.59 Å². The van der Waals surface area contributed by atoms with Crippen molar-refractivity contribution >= 4 is 11.8 Å². The van der Waals surface area contributed by atoms with E-state index in [0.29, 0.717) is 19.6 Å². The van der Waals surface area contributed by atoms with Crippen LogP contribution in [0.3, 0.4) is 0 Å². The Hall–Kier alpha value is -3.41. The second-order valence-electron chi connectivity index (χ2n) is 7.98. The Morgan fingerprint density at radius 2 is 1.83 bits per heavy atom. The van der Waals surface area contributed by atoms with E-state index in [-0.39, 0.29) is 24.2 Å². The molecule has 1 atom stereocenters. The number of carbonyl (C=O) groups is 2. The minimum absolute atomic E-state index is 0.00205. The maximum absolute atomic E-state index is 12.9. The molecule has 0 radical (unpaired) electrons. The fourth-order valence-corrected chi connectivity index (χ4v) is 3.83. The number of amides is 2. The zero-order valence-corrected chi connectivity index (χ0v) is 17.4. The summed E-state index contributed by atoms with van der Waals surface area (Å²) in [5, 5.41) is 4.39. The molecule has 1 aromatic heterocycles. The predicted molar refractivity (Wildman–Crippen MR) is 115 cm³/mol. The molecule has 0 aliphatic carbocycles. The molecule has 30 heavy (non-hydrogen) atoms. The van der Waals surface area contributed by atoms with Crippen LogP contribution in [0.1, 0.15) is 23.1 Å². The fourth-order valence-electron chi connectivity index (χ4n) is 3.83. The van der Waals surface area contributed by atoms with Crippen molar-refractivity contribution in [3.05, 3.63) is 83.7 Å². The summed E-state index contributed by atoms with van der Waals surface area (Å²) < 4.78 is 1.80. The van der Waals surface area contributed by atoms with Crippen LogP contribution in [-0.2, 0) is 22.7 Å². The molecule has 4 rings (SSSR count). The molecule has 1 unspecified atom stereocenters. The first kappa shape index (κ1) is 19.9. The van der Waals surface area contributed by atoms with Gasteiger partial charge in [0.1, 0.15) is 0 Å². The van der Waals surface area contributed by atoms with Gasteiger partial charge in [-0.2, -0.15) is 5.10 Å². The van der Waals surface area contributed by atoms with E-state index in [9.17, 15) is 9.59 Å². The molecule has 2 heterocycles. The molecule has 2 aromatic carbocycles. The molecule has 0 saturated carbocycles. The molecule has 0 spiro atoms. The van der Waals surface area contributed by atoms with Gasteiger partial charge in [-0.1, -0.05) is 48.0 Å². The topological polar surface area (TPSA) is 58.4 Å². The van der Waals surface area contributed by atoms with Crippen molar-refractivity contribution in [3.8, 4) is 5.69 Å². The summed E-state index contributed by atoms with van der Waals surface area (Å²) in [6.07, 6.45) is 3.99. The highest BCUT2D eigenvalue weighted by Gasteiger charge is 2.35. The van der Waals surface area contributed by atoms with Gasteiger partial charge in [0.2, 0.25) is 11.8 Å². The second kappa shape index (κ2) is 8.53. The molecule has 3 aromatic rings. The van der Waals surface area contributed by atoms with Crippen LogP contribution in [0.4, 0.5) is 0 Å². The van der Waals surface area contributed by atoms with Gasteiger partial charge in [0.15, 0.2) is 0 Å². The van der Waals surface area contributed by atoms with E-state index in [1.807, 2.05) is 67.7 Å². The van der Waals surface area contributed by atoms with E-state index in [2.05, 4.69) is 5.10 Å². The Balaban J connectivity index is 1.35. The number of benzene rings is 2. The number of hydrogen-bond acceptors (Lipinski definition) is 3. The highest BCUT2D eigenvalue weighted by molar-refractivity contribution is 5.89. The number of nitrogens with zero attached hydrogens (tertiary/aromatic N) is 4. The first-order valence-corrected chi connectivity index (χ1v) is 10.2. The Labute approximate surface area is 176 Å². The number of rotatable bonds is 6. The van der Waals surface area contributed by atoms with Crippen LogP contribution in [0.2, 0.25) is 0 Å². The van der Waals surface area contributed by atoms with Gasteiger partial charge in [-0.3, -0.25) is 9.59 Å². The molecule has 154 valence electrons. The zero-order chi connectivity index (χ0) is 21.1. The highest BCUT2D eigenvalue weighted by Crippen LogP contribution is 2.23. The first-order valence-electron chi connectivity index (χ1n) is 10.2. The second-order valence-corrected chi connectivity index (χ2v) is 7.98. The third-order valence-corrected chi connectivity index (χ3v) is 5.51. The Morgan fingerprint density at radius 3 is 2.57 bits per heavy atom. The van der Waals surface area contributed by atoms with Crippen molar-refractivity contribution in [2.24, 2.45) is 5.92 Å². The monoisotopic (exact) mass is 402 g/mol. The quantitative estimate of drug-likeness (QED) is 0.636. The van der Waals surface area contributed by atoms with E-state index in [0.717, 1.165) is 16.8 Å². The standard InChI is InChI=1S/C24H26N4O2/c1-18-8-10-19(11-9-18)15-27-17-21(12-23(27)29)24(30)26(2)14-20-13-25-28(16-20)22-6-4-3-5-7-22/h3-11,13,16,21H,12,14-15,17H2,1-2H3. The largest absolute Gasteiger partial charge is 0.341 e. The maximum Gasteiger partial charge on any atom is 0.228 e. The lowest BCUT2D eigenvalue weighted by Gasteiger charge is -2.21. The van der Waals surface area contributed by atoms with Gasteiger partial charge in [0.05, 0.1) is 17.8 Å². The van der Waals surface area contributed by atoms with Gasteiger partial charge < -0.3 is 9.80 Å². The molecule has 6 nitrogen and oxygen atoms in total. The third kappa shape index (κ3) is 4.43. The molecule has 1 aliphatic rings. The lowest BCUT2D eigenvalue weighted by Crippen LogP contribution is -2.34. The summed E-state index contributed by atoms with van der Waals surface area (Å²) in [6.45, 7) is 3.53. The molecule has 0 N–H and O–H groups in total. The first-order chi connectivity index (χ1) is 14.5. The molecular weight excluding hydrogens is 376 g/mol. The van der Waals surface area contributed by atoms with E-state index in [4.69, 9.17) is 0 Å². The van der Waals surface area contributed by atoms with Gasteiger partial charge in [-0.25, -0.2) is 4.68 Å². The fraction of sp³-hybridized carbons (Fsp3) is 0.292. The number of hydrogen-bond donors (Lipinski definition) is 0. The highest BCUT2D eigenvalue weighted by atomic mass is 16.2. The molecule has 2 amide bonds. The third-order valence-electron chi connectivity index (χ3n) is 5.51. The molecule has 1 saturated heterocycles. The Kier molecular flexibility index (Phi) is 5.65. The van der Waals surface area contributed by atoms with Gasteiger partial charge in [-0.05, 0) is 24.6 Å². The predicted octanol–water partition coefficient (Wildman–Crippen LogP) is 3.19. The number of aromatic nitrogens is 2. The minimum atomic E-state index is -0.294. The van der Waals surface area contributed by atoms with Crippen LogP contribution in [0.15, 0.2) is 67.0 Å². The van der Waals surface area contributed by atoms with E-state index in [1.54, 1.807) is 27.7 Å². The van der Waals surface area contributed by atoms with Crippen molar-refractivity contribution in [3.63, 3.8) is 0 Å². The number of aryl methyl sites for hydroxylation is 1. The summed E-state index contributed by atoms with van der Waals surface area (Å²) in [6, 6.07) is 18.0. The lowest BCUT2D eigenvalue weighted by atomic mass is 10.1. The van der Waals surface area contributed by atoms with Crippen LogP contribution in [0.5, 0.6) is 0 Å². The zero-order valence-electron chi connectivity index (χ0n) is 17.4. The van der Waals surface area contributed by atoms with Gasteiger partial charge in [-0.15, -0.1) is 0 Å². The van der Waals surface area contributed by atoms with Crippen LogP contribution < -0.4 is 0 Å². The summed E-state index contributed by atoms with van der Waals surface area (Å²) in [7, 11) is 1.79. The summed E-state index contributed by atoms with van der Waals surface area (Å²) in [5.74, 6) is -0.251. The van der Waals surface area contributed by atoms with Crippen molar-refractivity contribution in [2.75, 3.05) is 13.6 Å². The molecule has 1 fully saturated rings. The van der Waals surface area contributed by atoms with Crippen molar-refractivity contribution in [1.82, 2.24) is 19.6 Å². The van der Waals surface area contributed by atoms with E-state index >= 15 is 0 Å². The van der Waals surface area contributed by atoms with E-state index < -0.39 is 0 Å². The van der Waals surface area contributed by atoms with Crippen LogP contribution >= 0.6 is 0 Å². The Bertz CT molecular complexity index is 1030. The normalized spacial score (nSPS) is 16.1. The number of likely N-dealkylation sites (tertiary alicyclic amines) is 1. The van der Waals surface area contributed by atoms with Gasteiger partial charge in [0, 0.05) is 44.9 Å². The molecule has 0 bridgehead atoms. The summed E-state index contributed by atoms with van der Waals surface area (Å²) in [5.41, 5.74) is 4.21. The molecule has 6 heteroatoms. The Morgan fingerprint density at radius 1 is 1.10 bits per heavy atom. The maximum atomic E-state index is 12.9. The van der Waals surface area contributed by atoms with Crippen LogP contribution in [-0.4, -0.2) is 45.0 Å². The van der Waals surface area contributed by atoms with Gasteiger partial charge in [0.25, 0.3) is 0 Å². The van der Waals surface area contributed by atoms with E-state index in [1.165, 1.54) is 5.56 Å². The minimum Gasteiger partial charge on any atom is -0.341 e. The average molecular weight is 402 g/mol. The summed E-state index contributed by atoms with van der Waals surface area (Å²) >= 11 is 0. The lowest BCUT2D eigenvalue weighted by molar-refractivity contribution is -0.135. The van der Waals surface area contributed by atoms with Gasteiger partial charge >= 0.3 is 0 Å². The SMILES string of the molecule is Cc1ccc(CN2CC(C(=O)N(C)Cc3cnn(-c4ccccc4)c3)CC2=O)cc1. The van der Waals surface area contributed by atoms with Crippen molar-refractivity contribution in [1.29, 1.82) is 0 Å². The summed E-state index contributed by atoms with van der Waals surface area (Å²) in [4.78, 5) is 28.9. The average Bonchev–Trinajstić information content (AvgIpc) is 3.36. The van der Waals surface area contributed by atoms with Crippen molar-refractivity contribution in [2.45, 2.75) is 26.4 Å². The number of para-hydroxylation sites is 1. The van der Waals surface area contributed by atoms with Crippen LogP contribution in [0.25, 0.3) is 5.69 Å². The smallest absolute Gasteiger partial charge is 0.228 e. The molecular formula is C24H26N4O2. The van der Waals surface area contributed by atoms with Crippen LogP contribution in [0, 0.1) is 12.8 Å². The number of carbonyl (C=O) groups excluding carboxylic acids is 2. The molecule has 1 aliphatic heterocycles.